The molecule has 2 aromatic carbocycles. The van der Waals surface area contributed by atoms with Crippen molar-refractivity contribution in [3.8, 4) is 11.8 Å². The van der Waals surface area contributed by atoms with Crippen LogP contribution in [0.25, 0.3) is 0 Å². The van der Waals surface area contributed by atoms with Crippen LogP contribution in [0.3, 0.4) is 0 Å². The molecule has 3 rings (SSSR count). The van der Waals surface area contributed by atoms with Gasteiger partial charge in [0.15, 0.2) is 0 Å². The Balaban J connectivity index is 1.82. The number of rotatable bonds is 7. The maximum atomic E-state index is 12.7. The molecule has 142 valence electrons. The number of nitrogens with one attached hydrogen (secondary N) is 1. The first-order chi connectivity index (χ1) is 13.0. The van der Waals surface area contributed by atoms with Crippen LogP contribution in [0.15, 0.2) is 53.4 Å². The summed E-state index contributed by atoms with van der Waals surface area (Å²) in [5.41, 5.74) is 1.34. The molecule has 1 unspecified atom stereocenters. The van der Waals surface area contributed by atoms with Gasteiger partial charge in [0, 0.05) is 12.6 Å². The van der Waals surface area contributed by atoms with Crippen molar-refractivity contribution in [1.29, 1.82) is 5.26 Å². The summed E-state index contributed by atoms with van der Waals surface area (Å²) >= 11 is 0. The summed E-state index contributed by atoms with van der Waals surface area (Å²) in [5, 5.41) is 9.00. The molecule has 6 nitrogen and oxygen atoms in total. The van der Waals surface area contributed by atoms with Crippen molar-refractivity contribution in [2.45, 2.75) is 23.8 Å². The quantitative estimate of drug-likeness (QED) is 0.792. The van der Waals surface area contributed by atoms with Crippen molar-refractivity contribution >= 4 is 10.0 Å². The van der Waals surface area contributed by atoms with Gasteiger partial charge in [0.2, 0.25) is 10.0 Å². The van der Waals surface area contributed by atoms with Gasteiger partial charge in [-0.15, -0.1) is 0 Å². The predicted octanol–water partition coefficient (Wildman–Crippen LogP) is 2.68. The Morgan fingerprint density at radius 1 is 1.19 bits per heavy atom. The standard InChI is InChI=1S/C20H23N3O3S/c1-26-18-8-5-7-17(13-18)20(23-10-2-3-11-23)15-22-27(24,25)19-9-4-6-16(12-19)14-21/h4-9,12-13,20,22H,2-3,10-11,15H2,1H3. The molecule has 0 amide bonds. The Hall–Kier alpha value is -2.40. The molecular weight excluding hydrogens is 362 g/mol. The van der Waals surface area contributed by atoms with E-state index < -0.39 is 10.0 Å². The van der Waals surface area contributed by atoms with Crippen LogP contribution in [-0.2, 0) is 10.0 Å². The molecular formula is C20H23N3O3S. The maximum Gasteiger partial charge on any atom is 0.240 e. The molecule has 1 saturated heterocycles. The zero-order chi connectivity index (χ0) is 19.3. The number of likely N-dealkylation sites (tertiary alicyclic amines) is 1. The molecule has 0 aliphatic carbocycles. The molecule has 0 radical (unpaired) electrons. The van der Waals surface area contributed by atoms with Gasteiger partial charge in [-0.3, -0.25) is 4.90 Å². The molecule has 0 bridgehead atoms. The van der Waals surface area contributed by atoms with Gasteiger partial charge in [0.05, 0.1) is 23.6 Å². The van der Waals surface area contributed by atoms with Crippen molar-refractivity contribution in [1.82, 2.24) is 9.62 Å². The van der Waals surface area contributed by atoms with Crippen LogP contribution in [-0.4, -0.2) is 40.1 Å². The molecule has 1 N–H and O–H groups in total. The van der Waals surface area contributed by atoms with E-state index in [0.29, 0.717) is 5.56 Å². The second-order valence-electron chi connectivity index (χ2n) is 6.53. The summed E-state index contributed by atoms with van der Waals surface area (Å²) in [6.07, 6.45) is 2.22. The van der Waals surface area contributed by atoms with Crippen LogP contribution in [0.4, 0.5) is 0 Å². The van der Waals surface area contributed by atoms with Crippen molar-refractivity contribution in [3.05, 3.63) is 59.7 Å². The SMILES string of the molecule is COc1cccc(C(CNS(=O)(=O)c2cccc(C#N)c2)N2CCCC2)c1. The lowest BCUT2D eigenvalue weighted by Crippen LogP contribution is -2.36. The molecule has 0 spiro atoms. The second-order valence-corrected chi connectivity index (χ2v) is 8.29. The zero-order valence-electron chi connectivity index (χ0n) is 15.3. The fourth-order valence-electron chi connectivity index (χ4n) is 3.36. The first kappa shape index (κ1) is 19.4. The number of nitriles is 1. The third-order valence-electron chi connectivity index (χ3n) is 4.80. The van der Waals surface area contributed by atoms with E-state index in [0.717, 1.165) is 37.2 Å². The van der Waals surface area contributed by atoms with Gasteiger partial charge in [0.25, 0.3) is 0 Å². The normalized spacial score (nSPS) is 16.0. The Kier molecular flexibility index (Phi) is 6.11. The predicted molar refractivity (Wildman–Crippen MR) is 103 cm³/mol. The van der Waals surface area contributed by atoms with Crippen molar-refractivity contribution in [3.63, 3.8) is 0 Å². The van der Waals surface area contributed by atoms with Crippen LogP contribution in [0.2, 0.25) is 0 Å². The largest absolute Gasteiger partial charge is 0.497 e. The number of hydrogen-bond acceptors (Lipinski definition) is 5. The first-order valence-electron chi connectivity index (χ1n) is 8.91. The minimum Gasteiger partial charge on any atom is -0.497 e. The fourth-order valence-corrected chi connectivity index (χ4v) is 4.45. The second kappa shape index (κ2) is 8.53. The van der Waals surface area contributed by atoms with Gasteiger partial charge in [-0.05, 0) is 61.8 Å². The van der Waals surface area contributed by atoms with Gasteiger partial charge < -0.3 is 4.74 Å². The minimum atomic E-state index is -3.70. The Bertz CT molecular complexity index is 931. The zero-order valence-corrected chi connectivity index (χ0v) is 16.1. The van der Waals surface area contributed by atoms with E-state index in [1.165, 1.54) is 12.1 Å². The Morgan fingerprint density at radius 3 is 2.63 bits per heavy atom. The lowest BCUT2D eigenvalue weighted by Gasteiger charge is -2.28. The van der Waals surface area contributed by atoms with E-state index in [1.54, 1.807) is 19.2 Å². The Labute approximate surface area is 160 Å². The molecule has 0 saturated carbocycles. The monoisotopic (exact) mass is 385 g/mol. The highest BCUT2D eigenvalue weighted by Crippen LogP contribution is 2.27. The molecule has 1 aliphatic rings. The van der Waals surface area contributed by atoms with Crippen molar-refractivity contribution in [2.24, 2.45) is 0 Å². The van der Waals surface area contributed by atoms with Crippen molar-refractivity contribution < 1.29 is 13.2 Å². The molecule has 0 aromatic heterocycles. The smallest absolute Gasteiger partial charge is 0.240 e. The van der Waals surface area contributed by atoms with Gasteiger partial charge in [-0.1, -0.05) is 18.2 Å². The molecule has 1 atom stereocenters. The first-order valence-corrected chi connectivity index (χ1v) is 10.4. The van der Waals surface area contributed by atoms with E-state index >= 15 is 0 Å². The van der Waals surface area contributed by atoms with E-state index in [-0.39, 0.29) is 17.5 Å². The summed E-state index contributed by atoms with van der Waals surface area (Å²) in [4.78, 5) is 2.40. The summed E-state index contributed by atoms with van der Waals surface area (Å²) in [6.45, 7) is 2.13. The van der Waals surface area contributed by atoms with Gasteiger partial charge in [-0.2, -0.15) is 5.26 Å². The van der Waals surface area contributed by atoms with Gasteiger partial charge in [0.1, 0.15) is 5.75 Å². The third-order valence-corrected chi connectivity index (χ3v) is 6.22. The number of nitrogens with zero attached hydrogens (tertiary/aromatic N) is 2. The third kappa shape index (κ3) is 4.66. The van der Waals surface area contributed by atoms with Crippen LogP contribution in [0.5, 0.6) is 5.75 Å². The highest BCUT2D eigenvalue weighted by atomic mass is 32.2. The minimum absolute atomic E-state index is 0.0727. The maximum absolute atomic E-state index is 12.7. The average molecular weight is 385 g/mol. The van der Waals surface area contributed by atoms with Crippen LogP contribution >= 0.6 is 0 Å². The fraction of sp³-hybridized carbons (Fsp3) is 0.350. The Morgan fingerprint density at radius 2 is 1.93 bits per heavy atom. The number of hydrogen-bond donors (Lipinski definition) is 1. The molecule has 7 heteroatoms. The van der Waals surface area contributed by atoms with Crippen LogP contribution in [0.1, 0.15) is 30.0 Å². The lowest BCUT2D eigenvalue weighted by atomic mass is 10.1. The lowest BCUT2D eigenvalue weighted by molar-refractivity contribution is 0.246. The highest BCUT2D eigenvalue weighted by Gasteiger charge is 2.26. The molecule has 2 aromatic rings. The number of ether oxygens (including phenoxy) is 1. The van der Waals surface area contributed by atoms with E-state index in [9.17, 15) is 8.42 Å². The average Bonchev–Trinajstić information content (AvgIpc) is 3.23. The summed E-state index contributed by atoms with van der Waals surface area (Å²) in [7, 11) is -2.08. The molecule has 27 heavy (non-hydrogen) atoms. The number of benzene rings is 2. The van der Waals surface area contributed by atoms with E-state index in [4.69, 9.17) is 10.00 Å². The topological polar surface area (TPSA) is 82.4 Å². The van der Waals surface area contributed by atoms with Crippen LogP contribution < -0.4 is 9.46 Å². The number of sulfonamides is 1. The highest BCUT2D eigenvalue weighted by molar-refractivity contribution is 7.89. The molecule has 1 heterocycles. The van der Waals surface area contributed by atoms with Crippen molar-refractivity contribution in [2.75, 3.05) is 26.7 Å². The summed E-state index contributed by atoms with van der Waals surface area (Å²) in [6, 6.07) is 15.7. The summed E-state index contributed by atoms with van der Waals surface area (Å²) < 4.78 is 33.5. The van der Waals surface area contributed by atoms with Crippen LogP contribution in [0, 0.1) is 11.3 Å². The molecule has 1 aliphatic heterocycles. The number of methoxy groups -OCH3 is 1. The van der Waals surface area contributed by atoms with Gasteiger partial charge in [-0.25, -0.2) is 13.1 Å². The summed E-state index contributed by atoms with van der Waals surface area (Å²) in [5.74, 6) is 0.751. The van der Waals surface area contributed by atoms with Gasteiger partial charge >= 0.3 is 0 Å². The van der Waals surface area contributed by atoms with E-state index in [1.807, 2.05) is 30.3 Å². The van der Waals surface area contributed by atoms with E-state index in [2.05, 4.69) is 9.62 Å². The molecule has 1 fully saturated rings.